The van der Waals surface area contributed by atoms with Gasteiger partial charge in [0.2, 0.25) is 0 Å². The van der Waals surface area contributed by atoms with Crippen LogP contribution in [-0.4, -0.2) is 5.78 Å². The van der Waals surface area contributed by atoms with Crippen molar-refractivity contribution >= 4 is 21.7 Å². The lowest BCUT2D eigenvalue weighted by Gasteiger charge is -2.10. The van der Waals surface area contributed by atoms with Gasteiger partial charge in [-0.1, -0.05) is 39.7 Å². The molecule has 2 aromatic carbocycles. The summed E-state index contributed by atoms with van der Waals surface area (Å²) < 4.78 is 1.05. The van der Waals surface area contributed by atoms with Crippen LogP contribution in [0.4, 0.5) is 0 Å². The summed E-state index contributed by atoms with van der Waals surface area (Å²) >= 11 is 3.51. The minimum Gasteiger partial charge on any atom is -0.294 e. The van der Waals surface area contributed by atoms with E-state index < -0.39 is 0 Å². The quantitative estimate of drug-likeness (QED) is 0.715. The van der Waals surface area contributed by atoms with Gasteiger partial charge in [-0.15, -0.1) is 0 Å². The van der Waals surface area contributed by atoms with Gasteiger partial charge in [-0.2, -0.15) is 0 Å². The van der Waals surface area contributed by atoms with E-state index in [1.807, 2.05) is 26.0 Å². The molecular weight excluding hydrogens is 312 g/mol. The number of hydrogen-bond donors (Lipinski definition) is 0. The number of rotatable bonds is 3. The van der Waals surface area contributed by atoms with Gasteiger partial charge in [0, 0.05) is 16.5 Å². The molecule has 1 nitrogen and oxygen atoms in total. The Morgan fingerprint density at radius 3 is 2.35 bits per heavy atom. The maximum absolute atomic E-state index is 12.5. The van der Waals surface area contributed by atoms with E-state index in [1.165, 1.54) is 11.1 Å². The Morgan fingerprint density at radius 1 is 0.950 bits per heavy atom. The lowest BCUT2D eigenvalue weighted by molar-refractivity contribution is 0.0992. The monoisotopic (exact) mass is 330 g/mol. The van der Waals surface area contributed by atoms with E-state index in [4.69, 9.17) is 0 Å². The fourth-order valence-corrected chi connectivity index (χ4v) is 2.80. The molecule has 0 aliphatic carbocycles. The second-order valence-corrected chi connectivity index (χ2v) is 6.30. The standard InChI is InChI=1S/C18H19BrO/c1-11-5-6-12(2)15(7-11)10-18(20)16-8-14(4)17(19)9-13(16)3/h5-9H,10H2,1-4H3. The predicted octanol–water partition coefficient (Wildman–Crippen LogP) is 5.11. The minimum atomic E-state index is 0.187. The van der Waals surface area contributed by atoms with Gasteiger partial charge >= 0.3 is 0 Å². The average Bonchev–Trinajstić information content (AvgIpc) is 2.38. The molecule has 0 aliphatic heterocycles. The molecule has 0 saturated heterocycles. The van der Waals surface area contributed by atoms with Crippen molar-refractivity contribution in [2.75, 3.05) is 0 Å². The second-order valence-electron chi connectivity index (χ2n) is 5.45. The predicted molar refractivity (Wildman–Crippen MR) is 87.6 cm³/mol. The minimum absolute atomic E-state index is 0.187. The maximum Gasteiger partial charge on any atom is 0.167 e. The van der Waals surface area contributed by atoms with Crippen molar-refractivity contribution in [3.8, 4) is 0 Å². The number of carbonyl (C=O) groups is 1. The molecule has 0 fully saturated rings. The third-order valence-corrected chi connectivity index (χ3v) is 4.52. The van der Waals surface area contributed by atoms with Gasteiger partial charge < -0.3 is 0 Å². The smallest absolute Gasteiger partial charge is 0.167 e. The molecule has 2 aromatic rings. The third kappa shape index (κ3) is 3.18. The number of halogens is 1. The fraction of sp³-hybridized carbons (Fsp3) is 0.278. The van der Waals surface area contributed by atoms with E-state index in [-0.39, 0.29) is 5.78 Å². The number of aryl methyl sites for hydroxylation is 4. The van der Waals surface area contributed by atoms with Crippen LogP contribution in [0.25, 0.3) is 0 Å². The van der Waals surface area contributed by atoms with Crippen molar-refractivity contribution in [1.82, 2.24) is 0 Å². The summed E-state index contributed by atoms with van der Waals surface area (Å²) in [4.78, 5) is 12.5. The summed E-state index contributed by atoms with van der Waals surface area (Å²) in [5.41, 5.74) is 6.44. The molecule has 0 heterocycles. The molecule has 0 saturated carbocycles. The summed E-state index contributed by atoms with van der Waals surface area (Å²) in [5.74, 6) is 0.187. The van der Waals surface area contributed by atoms with Crippen molar-refractivity contribution in [2.24, 2.45) is 0 Å². The van der Waals surface area contributed by atoms with Gasteiger partial charge in [0.15, 0.2) is 5.78 Å². The Hall–Kier alpha value is -1.41. The molecule has 0 N–H and O–H groups in total. The highest BCUT2D eigenvalue weighted by molar-refractivity contribution is 9.10. The van der Waals surface area contributed by atoms with Crippen LogP contribution in [0.2, 0.25) is 0 Å². The van der Waals surface area contributed by atoms with Crippen LogP contribution in [0.15, 0.2) is 34.8 Å². The van der Waals surface area contributed by atoms with E-state index in [0.717, 1.165) is 26.7 Å². The van der Waals surface area contributed by atoms with Crippen LogP contribution in [0.1, 0.15) is 38.2 Å². The SMILES string of the molecule is Cc1ccc(C)c(CC(=O)c2cc(C)c(Br)cc2C)c1. The molecule has 0 aromatic heterocycles. The lowest BCUT2D eigenvalue weighted by Crippen LogP contribution is -2.07. The van der Waals surface area contributed by atoms with E-state index in [2.05, 4.69) is 48.0 Å². The van der Waals surface area contributed by atoms with E-state index in [0.29, 0.717) is 6.42 Å². The molecule has 0 bridgehead atoms. The Balaban J connectivity index is 2.33. The zero-order valence-electron chi connectivity index (χ0n) is 12.4. The summed E-state index contributed by atoms with van der Waals surface area (Å²) in [5, 5.41) is 0. The molecule has 2 heteroatoms. The van der Waals surface area contributed by atoms with Gasteiger partial charge in [0.1, 0.15) is 0 Å². The normalized spacial score (nSPS) is 10.7. The van der Waals surface area contributed by atoms with Crippen LogP contribution in [0.5, 0.6) is 0 Å². The second kappa shape index (κ2) is 5.92. The molecule has 0 amide bonds. The Morgan fingerprint density at radius 2 is 1.65 bits per heavy atom. The first kappa shape index (κ1) is 15.0. The van der Waals surface area contributed by atoms with Crippen LogP contribution in [0, 0.1) is 27.7 Å². The Kier molecular flexibility index (Phi) is 4.44. The maximum atomic E-state index is 12.5. The van der Waals surface area contributed by atoms with Gasteiger partial charge in [0.05, 0.1) is 0 Å². The first-order valence-corrected chi connectivity index (χ1v) is 7.54. The van der Waals surface area contributed by atoms with Gasteiger partial charge in [-0.3, -0.25) is 4.79 Å². The molecule has 0 spiro atoms. The largest absolute Gasteiger partial charge is 0.294 e. The van der Waals surface area contributed by atoms with Gasteiger partial charge in [-0.05, 0) is 62.1 Å². The topological polar surface area (TPSA) is 17.1 Å². The average molecular weight is 331 g/mol. The lowest BCUT2D eigenvalue weighted by atomic mass is 9.95. The van der Waals surface area contributed by atoms with Crippen molar-refractivity contribution in [3.63, 3.8) is 0 Å². The van der Waals surface area contributed by atoms with Crippen molar-refractivity contribution < 1.29 is 4.79 Å². The first-order valence-electron chi connectivity index (χ1n) is 6.74. The van der Waals surface area contributed by atoms with Crippen LogP contribution >= 0.6 is 15.9 Å². The van der Waals surface area contributed by atoms with Crippen LogP contribution in [-0.2, 0) is 6.42 Å². The van der Waals surface area contributed by atoms with E-state index in [9.17, 15) is 4.79 Å². The number of benzene rings is 2. The molecule has 20 heavy (non-hydrogen) atoms. The molecule has 2 rings (SSSR count). The fourth-order valence-electron chi connectivity index (χ4n) is 2.34. The zero-order chi connectivity index (χ0) is 14.9. The van der Waals surface area contributed by atoms with Gasteiger partial charge in [0.25, 0.3) is 0 Å². The molecule has 104 valence electrons. The molecule has 0 atom stereocenters. The molecule has 0 aliphatic rings. The number of Topliss-reactive ketones (excluding diaryl/α,β-unsaturated/α-hetero) is 1. The first-order chi connectivity index (χ1) is 9.38. The van der Waals surface area contributed by atoms with Crippen molar-refractivity contribution in [1.29, 1.82) is 0 Å². The summed E-state index contributed by atoms with van der Waals surface area (Å²) in [7, 11) is 0. The molecule has 0 radical (unpaired) electrons. The van der Waals surface area contributed by atoms with E-state index in [1.54, 1.807) is 0 Å². The highest BCUT2D eigenvalue weighted by Gasteiger charge is 2.13. The summed E-state index contributed by atoms with van der Waals surface area (Å²) in [6, 6.07) is 10.3. The molecular formula is C18H19BrO. The van der Waals surface area contributed by atoms with E-state index >= 15 is 0 Å². The number of carbonyl (C=O) groups excluding carboxylic acids is 1. The molecule has 0 unspecified atom stereocenters. The van der Waals surface area contributed by atoms with Crippen molar-refractivity contribution in [2.45, 2.75) is 34.1 Å². The number of ketones is 1. The Bertz CT molecular complexity index is 671. The highest BCUT2D eigenvalue weighted by Crippen LogP contribution is 2.23. The highest BCUT2D eigenvalue weighted by atomic mass is 79.9. The number of hydrogen-bond acceptors (Lipinski definition) is 1. The summed E-state index contributed by atoms with van der Waals surface area (Å²) in [6.07, 6.45) is 0.468. The summed E-state index contributed by atoms with van der Waals surface area (Å²) in [6.45, 7) is 8.11. The van der Waals surface area contributed by atoms with Crippen LogP contribution < -0.4 is 0 Å². The third-order valence-electron chi connectivity index (χ3n) is 3.66. The van der Waals surface area contributed by atoms with Crippen molar-refractivity contribution in [3.05, 3.63) is 68.2 Å². The Labute approximate surface area is 129 Å². The van der Waals surface area contributed by atoms with Gasteiger partial charge in [-0.25, -0.2) is 0 Å². The van der Waals surface area contributed by atoms with Crippen LogP contribution in [0.3, 0.4) is 0 Å². The zero-order valence-corrected chi connectivity index (χ0v) is 14.0.